The molecule has 0 saturated carbocycles. The summed E-state index contributed by atoms with van der Waals surface area (Å²) in [5, 5.41) is 2.35. The average Bonchev–Trinajstić information content (AvgIpc) is 2.77. The molecule has 1 fully saturated rings. The molecule has 1 atom stereocenters. The SMILES string of the molecule is Cc1cc2c(s1)CN([C@H]1CCCC(=O)NC1=O)C2=O. The maximum atomic E-state index is 12.3. The first kappa shape index (κ1) is 12.3. The largest absolute Gasteiger partial charge is 0.321 e. The standard InChI is InChI=1S/C13H14N2O3S/c1-7-5-8-10(19-7)6-15(13(8)18)9-3-2-4-11(16)14-12(9)17/h5,9H,2-4,6H2,1H3,(H,14,16,17)/t9-/m0/s1. The number of carbonyl (C=O) groups is 3. The van der Waals surface area contributed by atoms with Gasteiger partial charge >= 0.3 is 0 Å². The molecule has 100 valence electrons. The normalized spacial score (nSPS) is 23.3. The van der Waals surface area contributed by atoms with E-state index in [1.807, 2.05) is 13.0 Å². The number of carbonyl (C=O) groups excluding carboxylic acids is 3. The Kier molecular flexibility index (Phi) is 2.89. The number of nitrogens with one attached hydrogen (secondary N) is 1. The third kappa shape index (κ3) is 2.06. The zero-order valence-electron chi connectivity index (χ0n) is 10.6. The molecular weight excluding hydrogens is 264 g/mol. The molecule has 0 unspecified atom stereocenters. The second kappa shape index (κ2) is 4.45. The molecule has 6 heteroatoms. The molecule has 2 aliphatic heterocycles. The van der Waals surface area contributed by atoms with Crippen LogP contribution < -0.4 is 5.32 Å². The van der Waals surface area contributed by atoms with Crippen molar-refractivity contribution in [3.05, 3.63) is 21.4 Å². The van der Waals surface area contributed by atoms with Crippen molar-refractivity contribution in [1.82, 2.24) is 10.2 Å². The Labute approximate surface area is 114 Å². The highest BCUT2D eigenvalue weighted by atomic mass is 32.1. The van der Waals surface area contributed by atoms with E-state index in [0.717, 1.165) is 9.75 Å². The van der Waals surface area contributed by atoms with Gasteiger partial charge < -0.3 is 4.90 Å². The first-order chi connectivity index (χ1) is 9.06. The smallest absolute Gasteiger partial charge is 0.256 e. The monoisotopic (exact) mass is 278 g/mol. The molecule has 1 aromatic rings. The first-order valence-corrected chi connectivity index (χ1v) is 7.12. The van der Waals surface area contributed by atoms with Crippen LogP contribution in [0, 0.1) is 6.92 Å². The highest BCUT2D eigenvalue weighted by Crippen LogP contribution is 2.33. The minimum atomic E-state index is -0.515. The van der Waals surface area contributed by atoms with Gasteiger partial charge in [0, 0.05) is 16.2 Å². The molecule has 0 aliphatic carbocycles. The number of rotatable bonds is 1. The zero-order chi connectivity index (χ0) is 13.6. The summed E-state index contributed by atoms with van der Waals surface area (Å²) in [5.41, 5.74) is 0.714. The van der Waals surface area contributed by atoms with Gasteiger partial charge in [-0.1, -0.05) is 0 Å². The molecule has 0 spiro atoms. The summed E-state index contributed by atoms with van der Waals surface area (Å²) in [7, 11) is 0. The highest BCUT2D eigenvalue weighted by Gasteiger charge is 2.38. The summed E-state index contributed by atoms with van der Waals surface area (Å²) in [6.45, 7) is 2.45. The van der Waals surface area contributed by atoms with Gasteiger partial charge in [-0.25, -0.2) is 0 Å². The number of hydrogen-bond donors (Lipinski definition) is 1. The third-order valence-corrected chi connectivity index (χ3v) is 4.60. The third-order valence-electron chi connectivity index (χ3n) is 3.56. The Balaban J connectivity index is 1.84. The van der Waals surface area contributed by atoms with Crippen LogP contribution in [0.5, 0.6) is 0 Å². The summed E-state index contributed by atoms with van der Waals surface area (Å²) in [5.74, 6) is -0.679. The molecule has 0 radical (unpaired) electrons. The fourth-order valence-corrected chi connectivity index (χ4v) is 3.69. The molecule has 3 amide bonds. The van der Waals surface area contributed by atoms with Gasteiger partial charge in [-0.2, -0.15) is 0 Å². The Hall–Kier alpha value is -1.69. The van der Waals surface area contributed by atoms with Crippen molar-refractivity contribution in [2.24, 2.45) is 0 Å². The lowest BCUT2D eigenvalue weighted by atomic mass is 10.1. The maximum Gasteiger partial charge on any atom is 0.256 e. The van der Waals surface area contributed by atoms with Crippen LogP contribution in [0.1, 0.15) is 39.4 Å². The Bertz CT molecular complexity index is 578. The lowest BCUT2D eigenvalue weighted by molar-refractivity contribution is -0.132. The summed E-state index contributed by atoms with van der Waals surface area (Å²) in [4.78, 5) is 39.3. The predicted molar refractivity (Wildman–Crippen MR) is 69.7 cm³/mol. The predicted octanol–water partition coefficient (Wildman–Crippen LogP) is 1.21. The summed E-state index contributed by atoms with van der Waals surface area (Å²) in [6, 6.07) is 1.36. The number of nitrogens with zero attached hydrogens (tertiary/aromatic N) is 1. The van der Waals surface area contributed by atoms with Crippen molar-refractivity contribution in [3.63, 3.8) is 0 Å². The second-order valence-corrected chi connectivity index (χ2v) is 6.29. The number of fused-ring (bicyclic) bond motifs is 1. The van der Waals surface area contributed by atoms with Crippen LogP contribution in [0.15, 0.2) is 6.07 Å². The second-order valence-electron chi connectivity index (χ2n) is 4.95. The van der Waals surface area contributed by atoms with Gasteiger partial charge in [-0.15, -0.1) is 11.3 Å². The van der Waals surface area contributed by atoms with Crippen LogP contribution in [0.2, 0.25) is 0 Å². The lowest BCUT2D eigenvalue weighted by Crippen LogP contribution is -2.47. The van der Waals surface area contributed by atoms with Gasteiger partial charge in [0.1, 0.15) is 6.04 Å². The minimum Gasteiger partial charge on any atom is -0.321 e. The number of imide groups is 1. The molecule has 1 saturated heterocycles. The zero-order valence-corrected chi connectivity index (χ0v) is 11.4. The molecule has 2 aliphatic rings. The van der Waals surface area contributed by atoms with E-state index in [-0.39, 0.29) is 17.7 Å². The van der Waals surface area contributed by atoms with E-state index < -0.39 is 6.04 Å². The van der Waals surface area contributed by atoms with E-state index in [1.165, 1.54) is 0 Å². The average molecular weight is 278 g/mol. The van der Waals surface area contributed by atoms with Gasteiger partial charge in [0.2, 0.25) is 11.8 Å². The number of aryl methyl sites for hydroxylation is 1. The Morgan fingerprint density at radius 3 is 2.89 bits per heavy atom. The van der Waals surface area contributed by atoms with Crippen LogP contribution in [0.25, 0.3) is 0 Å². The lowest BCUT2D eigenvalue weighted by Gasteiger charge is -2.24. The van der Waals surface area contributed by atoms with Crippen molar-refractivity contribution in [2.45, 2.75) is 38.8 Å². The van der Waals surface area contributed by atoms with E-state index in [2.05, 4.69) is 5.32 Å². The van der Waals surface area contributed by atoms with Crippen LogP contribution in [0.4, 0.5) is 0 Å². The molecule has 0 bridgehead atoms. The van der Waals surface area contributed by atoms with Crippen molar-refractivity contribution in [2.75, 3.05) is 0 Å². The summed E-state index contributed by atoms with van der Waals surface area (Å²) >= 11 is 1.59. The first-order valence-electron chi connectivity index (χ1n) is 6.30. The van der Waals surface area contributed by atoms with Crippen LogP contribution in [-0.4, -0.2) is 28.7 Å². The fraction of sp³-hybridized carbons (Fsp3) is 0.462. The number of thiophene rings is 1. The number of hydrogen-bond acceptors (Lipinski definition) is 4. The quantitative estimate of drug-likeness (QED) is 0.785. The maximum absolute atomic E-state index is 12.3. The van der Waals surface area contributed by atoms with Gasteiger partial charge in [-0.05, 0) is 25.8 Å². The van der Waals surface area contributed by atoms with Crippen molar-refractivity contribution in [3.8, 4) is 0 Å². The molecule has 19 heavy (non-hydrogen) atoms. The van der Waals surface area contributed by atoms with E-state index in [0.29, 0.717) is 31.4 Å². The molecule has 5 nitrogen and oxygen atoms in total. The number of amides is 3. The molecule has 3 heterocycles. The van der Waals surface area contributed by atoms with E-state index in [1.54, 1.807) is 16.2 Å². The van der Waals surface area contributed by atoms with E-state index in [4.69, 9.17) is 0 Å². The van der Waals surface area contributed by atoms with E-state index >= 15 is 0 Å². The molecule has 1 N–H and O–H groups in total. The fourth-order valence-electron chi connectivity index (χ4n) is 2.66. The van der Waals surface area contributed by atoms with Crippen molar-refractivity contribution in [1.29, 1.82) is 0 Å². The molecule has 3 rings (SSSR count). The Morgan fingerprint density at radius 2 is 2.16 bits per heavy atom. The van der Waals surface area contributed by atoms with Gasteiger partial charge in [0.15, 0.2) is 0 Å². The topological polar surface area (TPSA) is 66.5 Å². The van der Waals surface area contributed by atoms with E-state index in [9.17, 15) is 14.4 Å². The van der Waals surface area contributed by atoms with Gasteiger partial charge in [0.05, 0.1) is 12.1 Å². The van der Waals surface area contributed by atoms with Crippen LogP contribution in [0.3, 0.4) is 0 Å². The summed E-state index contributed by atoms with van der Waals surface area (Å²) < 4.78 is 0. The molecule has 1 aromatic heterocycles. The van der Waals surface area contributed by atoms with Crippen LogP contribution in [-0.2, 0) is 16.1 Å². The van der Waals surface area contributed by atoms with Gasteiger partial charge in [-0.3, -0.25) is 19.7 Å². The van der Waals surface area contributed by atoms with Gasteiger partial charge in [0.25, 0.3) is 5.91 Å². The van der Waals surface area contributed by atoms with Crippen molar-refractivity contribution < 1.29 is 14.4 Å². The Morgan fingerprint density at radius 1 is 1.37 bits per heavy atom. The van der Waals surface area contributed by atoms with Crippen molar-refractivity contribution >= 4 is 29.1 Å². The minimum absolute atomic E-state index is 0.0890. The summed E-state index contributed by atoms with van der Waals surface area (Å²) in [6.07, 6.45) is 1.54. The molecular formula is C13H14N2O3S. The molecule has 0 aromatic carbocycles. The van der Waals surface area contributed by atoms with Crippen LogP contribution >= 0.6 is 11.3 Å². The highest BCUT2D eigenvalue weighted by molar-refractivity contribution is 7.12.